The minimum Gasteiger partial charge on any atom is -0.393 e. The summed E-state index contributed by atoms with van der Waals surface area (Å²) < 4.78 is 5.43. The number of aliphatic hydroxyl groups excluding tert-OH is 1. The molecule has 0 spiro atoms. The third-order valence-corrected chi connectivity index (χ3v) is 5.93. The van der Waals surface area contributed by atoms with Gasteiger partial charge in [0.15, 0.2) is 0 Å². The Balaban J connectivity index is 1.67. The Morgan fingerprint density at radius 3 is 2.07 bits per heavy atom. The zero-order valence-electron chi connectivity index (χ0n) is 16.8. The van der Waals surface area contributed by atoms with Crippen LogP contribution in [-0.4, -0.2) is 30.2 Å². The second-order valence-electron chi connectivity index (χ2n) is 8.15. The molecule has 0 radical (unpaired) electrons. The van der Waals surface area contributed by atoms with Gasteiger partial charge in [-0.2, -0.15) is 0 Å². The Morgan fingerprint density at radius 1 is 0.964 bits per heavy atom. The van der Waals surface area contributed by atoms with E-state index in [2.05, 4.69) is 31.2 Å². The Kier molecular flexibility index (Phi) is 7.81. The summed E-state index contributed by atoms with van der Waals surface area (Å²) in [5.74, 6) is 0.346. The van der Waals surface area contributed by atoms with Crippen LogP contribution in [0.5, 0.6) is 0 Å². The van der Waals surface area contributed by atoms with Crippen LogP contribution in [0, 0.1) is 17.8 Å². The number of hydrogen-bond acceptors (Lipinski definition) is 3. The average molecular weight is 381 g/mol. The Morgan fingerprint density at radius 2 is 1.50 bits per heavy atom. The summed E-state index contributed by atoms with van der Waals surface area (Å²) in [5.41, 5.74) is 2.39. The number of hydrogen-bond donors (Lipinski definition) is 1. The number of carbonyl (C=O) groups excluding carboxylic acids is 1. The molecule has 3 unspecified atom stereocenters. The molecule has 2 aromatic rings. The van der Waals surface area contributed by atoms with Crippen molar-refractivity contribution in [2.45, 2.75) is 45.1 Å². The molecule has 150 valence electrons. The van der Waals surface area contributed by atoms with Crippen molar-refractivity contribution < 1.29 is 14.6 Å². The van der Waals surface area contributed by atoms with Crippen LogP contribution < -0.4 is 0 Å². The molecule has 28 heavy (non-hydrogen) atoms. The first-order valence-corrected chi connectivity index (χ1v) is 10.5. The summed E-state index contributed by atoms with van der Waals surface area (Å²) in [5, 5.41) is 10.9. The maximum atomic E-state index is 13.3. The van der Waals surface area contributed by atoms with Crippen molar-refractivity contribution in [3.63, 3.8) is 0 Å². The van der Waals surface area contributed by atoms with Crippen molar-refractivity contribution in [1.82, 2.24) is 0 Å². The molecule has 3 heteroatoms. The molecule has 1 aliphatic heterocycles. The fraction of sp³-hybridized carbons (Fsp3) is 0.480. The van der Waals surface area contributed by atoms with Gasteiger partial charge in [0.05, 0.1) is 6.10 Å². The van der Waals surface area contributed by atoms with E-state index >= 15 is 0 Å². The number of rotatable bonds is 9. The summed E-state index contributed by atoms with van der Waals surface area (Å²) >= 11 is 0. The monoisotopic (exact) mass is 380 g/mol. The quantitative estimate of drug-likeness (QED) is 0.698. The lowest BCUT2D eigenvalue weighted by Gasteiger charge is -2.28. The topological polar surface area (TPSA) is 46.5 Å². The minimum atomic E-state index is -0.488. The Bertz CT molecular complexity index is 707. The van der Waals surface area contributed by atoms with E-state index in [0.29, 0.717) is 31.8 Å². The van der Waals surface area contributed by atoms with E-state index in [0.717, 1.165) is 24.8 Å². The zero-order valence-corrected chi connectivity index (χ0v) is 16.8. The Labute approximate surface area is 168 Å². The molecule has 0 aliphatic carbocycles. The number of aliphatic hydroxyl groups is 1. The van der Waals surface area contributed by atoms with Gasteiger partial charge in [0, 0.05) is 25.0 Å². The summed E-state index contributed by atoms with van der Waals surface area (Å²) in [7, 11) is 0. The highest BCUT2D eigenvalue weighted by Crippen LogP contribution is 2.27. The first-order valence-electron chi connectivity index (χ1n) is 10.5. The van der Waals surface area contributed by atoms with E-state index in [1.54, 1.807) is 0 Å². The van der Waals surface area contributed by atoms with Crippen LogP contribution in [-0.2, 0) is 22.4 Å². The molecule has 0 amide bonds. The molecular formula is C25H32O3. The molecule has 0 aromatic heterocycles. The standard InChI is InChI=1S/C25H32O3/c1-19(16-20-8-4-2-5-9-20)24(26)18-23(17-21-10-6-3-7-11-21)25(27)22-12-14-28-15-13-22/h2-11,19,22-24,26H,12-18H2,1H3. The van der Waals surface area contributed by atoms with Crippen molar-refractivity contribution in [1.29, 1.82) is 0 Å². The van der Waals surface area contributed by atoms with Crippen molar-refractivity contribution in [2.24, 2.45) is 17.8 Å². The highest BCUT2D eigenvalue weighted by atomic mass is 16.5. The van der Waals surface area contributed by atoms with Gasteiger partial charge in [0.1, 0.15) is 5.78 Å². The SMILES string of the molecule is CC(Cc1ccccc1)C(O)CC(Cc1ccccc1)C(=O)C1CCOCC1. The highest BCUT2D eigenvalue weighted by Gasteiger charge is 2.31. The first kappa shape index (κ1) is 20.8. The molecule has 2 aromatic carbocycles. The molecule has 3 nitrogen and oxygen atoms in total. The third kappa shape index (κ3) is 6.02. The van der Waals surface area contributed by atoms with E-state index in [1.807, 2.05) is 36.4 Å². The number of benzene rings is 2. The lowest BCUT2D eigenvalue weighted by atomic mass is 9.79. The fourth-order valence-electron chi connectivity index (χ4n) is 4.16. The molecule has 1 N–H and O–H groups in total. The minimum absolute atomic E-state index is 0.0686. The summed E-state index contributed by atoms with van der Waals surface area (Å²) in [4.78, 5) is 13.3. The van der Waals surface area contributed by atoms with Crippen molar-refractivity contribution in [3.8, 4) is 0 Å². The molecule has 1 heterocycles. The van der Waals surface area contributed by atoms with Crippen LogP contribution in [0.25, 0.3) is 0 Å². The molecule has 3 atom stereocenters. The summed E-state index contributed by atoms with van der Waals surface area (Å²) in [6, 6.07) is 20.4. The van der Waals surface area contributed by atoms with E-state index < -0.39 is 6.10 Å². The van der Waals surface area contributed by atoms with Crippen LogP contribution in [0.2, 0.25) is 0 Å². The molecule has 1 fully saturated rings. The molecule has 1 saturated heterocycles. The predicted molar refractivity (Wildman–Crippen MR) is 112 cm³/mol. The smallest absolute Gasteiger partial charge is 0.139 e. The second-order valence-corrected chi connectivity index (χ2v) is 8.15. The van der Waals surface area contributed by atoms with Crippen LogP contribution in [0.4, 0.5) is 0 Å². The molecular weight excluding hydrogens is 348 g/mol. The number of carbonyl (C=O) groups is 1. The van der Waals surface area contributed by atoms with Gasteiger partial charge in [-0.25, -0.2) is 0 Å². The normalized spacial score (nSPS) is 18.4. The van der Waals surface area contributed by atoms with Gasteiger partial charge in [-0.1, -0.05) is 67.6 Å². The van der Waals surface area contributed by atoms with Gasteiger partial charge in [0.25, 0.3) is 0 Å². The second kappa shape index (κ2) is 10.5. The van der Waals surface area contributed by atoms with E-state index in [-0.39, 0.29) is 17.8 Å². The first-order chi connectivity index (χ1) is 13.6. The molecule has 0 saturated carbocycles. The van der Waals surface area contributed by atoms with Crippen molar-refractivity contribution >= 4 is 5.78 Å². The van der Waals surface area contributed by atoms with E-state index in [9.17, 15) is 9.90 Å². The van der Waals surface area contributed by atoms with Gasteiger partial charge in [-0.3, -0.25) is 4.79 Å². The van der Waals surface area contributed by atoms with Gasteiger partial charge in [-0.05, 0) is 49.1 Å². The van der Waals surface area contributed by atoms with Crippen molar-refractivity contribution in [3.05, 3.63) is 71.8 Å². The maximum Gasteiger partial charge on any atom is 0.139 e. The van der Waals surface area contributed by atoms with E-state index in [1.165, 1.54) is 5.56 Å². The maximum absolute atomic E-state index is 13.3. The van der Waals surface area contributed by atoms with Gasteiger partial charge in [0.2, 0.25) is 0 Å². The highest BCUT2D eigenvalue weighted by molar-refractivity contribution is 5.83. The summed E-state index contributed by atoms with van der Waals surface area (Å²) in [6.07, 6.45) is 3.17. The lowest BCUT2D eigenvalue weighted by molar-refractivity contribution is -0.131. The molecule has 1 aliphatic rings. The number of ether oxygens (including phenoxy) is 1. The van der Waals surface area contributed by atoms with Crippen LogP contribution in [0.15, 0.2) is 60.7 Å². The molecule has 0 bridgehead atoms. The largest absolute Gasteiger partial charge is 0.393 e. The summed E-state index contributed by atoms with van der Waals surface area (Å²) in [6.45, 7) is 3.42. The van der Waals surface area contributed by atoms with Crippen LogP contribution in [0.1, 0.15) is 37.3 Å². The number of ketones is 1. The van der Waals surface area contributed by atoms with Crippen LogP contribution >= 0.6 is 0 Å². The fourth-order valence-corrected chi connectivity index (χ4v) is 4.16. The lowest BCUT2D eigenvalue weighted by Crippen LogP contribution is -2.34. The average Bonchev–Trinajstić information content (AvgIpc) is 2.74. The van der Waals surface area contributed by atoms with Crippen molar-refractivity contribution in [2.75, 3.05) is 13.2 Å². The van der Waals surface area contributed by atoms with E-state index in [4.69, 9.17) is 4.74 Å². The Hall–Kier alpha value is -1.97. The molecule has 3 rings (SSSR count). The van der Waals surface area contributed by atoms with Crippen LogP contribution in [0.3, 0.4) is 0 Å². The van der Waals surface area contributed by atoms with Gasteiger partial charge < -0.3 is 9.84 Å². The third-order valence-electron chi connectivity index (χ3n) is 5.93. The number of Topliss-reactive ketones (excluding diaryl/α,β-unsaturated/α-hetero) is 1. The zero-order chi connectivity index (χ0) is 19.8. The van der Waals surface area contributed by atoms with Gasteiger partial charge in [-0.15, -0.1) is 0 Å². The predicted octanol–water partition coefficient (Wildman–Crippen LogP) is 4.47. The van der Waals surface area contributed by atoms with Gasteiger partial charge >= 0.3 is 0 Å².